The fourth-order valence-electron chi connectivity index (χ4n) is 1.82. The third-order valence-electron chi connectivity index (χ3n) is 3.01. The summed E-state index contributed by atoms with van der Waals surface area (Å²) in [6.07, 6.45) is 2.58. The summed E-state index contributed by atoms with van der Waals surface area (Å²) < 4.78 is 0. The zero-order valence-corrected chi connectivity index (χ0v) is 11.8. The zero-order chi connectivity index (χ0) is 12.7. The molecule has 0 aliphatic rings. The fourth-order valence-corrected chi connectivity index (χ4v) is 2.31. The molecule has 0 heterocycles. The number of rotatable bonds is 7. The summed E-state index contributed by atoms with van der Waals surface area (Å²) in [5, 5.41) is 10.1. The van der Waals surface area contributed by atoms with Gasteiger partial charge in [0.25, 0.3) is 0 Å². The second kappa shape index (κ2) is 7.75. The minimum atomic E-state index is -0.340. The van der Waals surface area contributed by atoms with Gasteiger partial charge in [0, 0.05) is 18.8 Å². The van der Waals surface area contributed by atoms with E-state index in [9.17, 15) is 5.11 Å². The Hall–Kier alpha value is -0.510. The molecule has 0 spiro atoms. The van der Waals surface area contributed by atoms with E-state index in [1.54, 1.807) is 0 Å². The van der Waals surface area contributed by atoms with E-state index in [1.807, 2.05) is 30.0 Å². The van der Waals surface area contributed by atoms with Crippen molar-refractivity contribution >= 4 is 11.8 Å². The SMILES string of the molecule is CSCCN(C)CCC(O)c1ccccc1C. The lowest BCUT2D eigenvalue weighted by molar-refractivity contribution is 0.150. The molecular weight excluding hydrogens is 230 g/mol. The molecule has 1 rings (SSSR count). The third kappa shape index (κ3) is 5.11. The maximum absolute atomic E-state index is 10.1. The van der Waals surface area contributed by atoms with Gasteiger partial charge in [-0.15, -0.1) is 0 Å². The molecule has 0 bridgehead atoms. The van der Waals surface area contributed by atoms with Crippen LogP contribution in [0, 0.1) is 6.92 Å². The van der Waals surface area contributed by atoms with Gasteiger partial charge in [-0.2, -0.15) is 11.8 Å². The highest BCUT2D eigenvalue weighted by Crippen LogP contribution is 2.20. The van der Waals surface area contributed by atoms with Gasteiger partial charge in [-0.1, -0.05) is 24.3 Å². The topological polar surface area (TPSA) is 23.5 Å². The highest BCUT2D eigenvalue weighted by molar-refractivity contribution is 7.98. The maximum atomic E-state index is 10.1. The number of thioether (sulfide) groups is 1. The number of aryl methyl sites for hydroxylation is 1. The average Bonchev–Trinajstić information content (AvgIpc) is 2.34. The summed E-state index contributed by atoms with van der Waals surface area (Å²) in [5.41, 5.74) is 2.23. The van der Waals surface area contributed by atoms with Gasteiger partial charge in [0.2, 0.25) is 0 Å². The molecule has 0 amide bonds. The van der Waals surface area contributed by atoms with Crippen molar-refractivity contribution in [3.8, 4) is 0 Å². The summed E-state index contributed by atoms with van der Waals surface area (Å²) in [6, 6.07) is 8.07. The first-order chi connectivity index (χ1) is 8.15. The van der Waals surface area contributed by atoms with Gasteiger partial charge in [-0.05, 0) is 37.8 Å². The van der Waals surface area contributed by atoms with Crippen molar-refractivity contribution in [3.63, 3.8) is 0 Å². The lowest BCUT2D eigenvalue weighted by Gasteiger charge is -2.19. The van der Waals surface area contributed by atoms with Crippen LogP contribution < -0.4 is 0 Å². The Labute approximate surface area is 109 Å². The predicted molar refractivity (Wildman–Crippen MR) is 76.6 cm³/mol. The lowest BCUT2D eigenvalue weighted by Crippen LogP contribution is -2.24. The van der Waals surface area contributed by atoms with Gasteiger partial charge in [0.1, 0.15) is 0 Å². The van der Waals surface area contributed by atoms with Gasteiger partial charge >= 0.3 is 0 Å². The average molecular weight is 253 g/mol. The molecule has 1 aromatic rings. The molecule has 3 heteroatoms. The monoisotopic (exact) mass is 253 g/mol. The molecule has 1 aromatic carbocycles. The van der Waals surface area contributed by atoms with Crippen molar-refractivity contribution < 1.29 is 5.11 Å². The molecule has 0 aliphatic carbocycles. The molecule has 17 heavy (non-hydrogen) atoms. The van der Waals surface area contributed by atoms with E-state index in [0.29, 0.717) is 0 Å². The van der Waals surface area contributed by atoms with Gasteiger partial charge in [0.15, 0.2) is 0 Å². The van der Waals surface area contributed by atoms with E-state index < -0.39 is 0 Å². The fraction of sp³-hybridized carbons (Fsp3) is 0.571. The smallest absolute Gasteiger partial charge is 0.0804 e. The Morgan fingerprint density at radius 3 is 2.65 bits per heavy atom. The van der Waals surface area contributed by atoms with Crippen LogP contribution >= 0.6 is 11.8 Å². The Morgan fingerprint density at radius 2 is 2.00 bits per heavy atom. The number of aliphatic hydroxyl groups excluding tert-OH is 1. The number of hydrogen-bond acceptors (Lipinski definition) is 3. The highest BCUT2D eigenvalue weighted by Gasteiger charge is 2.10. The van der Waals surface area contributed by atoms with Gasteiger partial charge in [-0.25, -0.2) is 0 Å². The van der Waals surface area contributed by atoms with E-state index >= 15 is 0 Å². The summed E-state index contributed by atoms with van der Waals surface area (Å²) in [6.45, 7) is 4.08. The summed E-state index contributed by atoms with van der Waals surface area (Å²) >= 11 is 1.86. The standard InChI is InChI=1S/C14H23NOS/c1-12-6-4-5-7-13(12)14(16)8-9-15(2)10-11-17-3/h4-7,14,16H,8-11H2,1-3H3. The number of benzene rings is 1. The van der Waals surface area contributed by atoms with Crippen LogP contribution in [0.25, 0.3) is 0 Å². The first-order valence-corrected chi connectivity index (χ1v) is 7.45. The van der Waals surface area contributed by atoms with Crippen LogP contribution in [0.1, 0.15) is 23.7 Å². The number of hydrogen-bond donors (Lipinski definition) is 1. The van der Waals surface area contributed by atoms with Crippen molar-refractivity contribution in [2.75, 3.05) is 32.1 Å². The molecule has 0 saturated carbocycles. The highest BCUT2D eigenvalue weighted by atomic mass is 32.2. The minimum absolute atomic E-state index is 0.340. The Kier molecular flexibility index (Phi) is 6.63. The van der Waals surface area contributed by atoms with E-state index in [4.69, 9.17) is 0 Å². The molecule has 0 fully saturated rings. The first-order valence-electron chi connectivity index (χ1n) is 6.06. The predicted octanol–water partition coefficient (Wildman–Crippen LogP) is 2.71. The Balaban J connectivity index is 2.39. The van der Waals surface area contributed by atoms with Crippen molar-refractivity contribution in [3.05, 3.63) is 35.4 Å². The van der Waals surface area contributed by atoms with E-state index in [1.165, 1.54) is 5.56 Å². The largest absolute Gasteiger partial charge is 0.388 e. The van der Waals surface area contributed by atoms with Crippen molar-refractivity contribution in [2.45, 2.75) is 19.4 Å². The van der Waals surface area contributed by atoms with Crippen LogP contribution in [0.15, 0.2) is 24.3 Å². The van der Waals surface area contributed by atoms with Gasteiger partial charge in [0.05, 0.1) is 6.10 Å². The third-order valence-corrected chi connectivity index (χ3v) is 3.60. The van der Waals surface area contributed by atoms with Crippen LogP contribution in [-0.4, -0.2) is 42.2 Å². The van der Waals surface area contributed by atoms with E-state index in [2.05, 4.69) is 31.2 Å². The van der Waals surface area contributed by atoms with Gasteiger partial charge < -0.3 is 10.0 Å². The molecular formula is C14H23NOS. The molecule has 0 saturated heterocycles. The Morgan fingerprint density at radius 1 is 1.29 bits per heavy atom. The second-order valence-electron chi connectivity index (χ2n) is 4.46. The van der Waals surface area contributed by atoms with Crippen LogP contribution in [0.4, 0.5) is 0 Å². The maximum Gasteiger partial charge on any atom is 0.0804 e. The molecule has 1 unspecified atom stereocenters. The van der Waals surface area contributed by atoms with E-state index in [-0.39, 0.29) is 6.10 Å². The molecule has 1 N–H and O–H groups in total. The zero-order valence-electron chi connectivity index (χ0n) is 11.0. The molecule has 0 radical (unpaired) electrons. The second-order valence-corrected chi connectivity index (χ2v) is 5.44. The molecule has 1 atom stereocenters. The van der Waals surface area contributed by atoms with Crippen molar-refractivity contribution in [1.82, 2.24) is 4.90 Å². The lowest BCUT2D eigenvalue weighted by atomic mass is 10.0. The van der Waals surface area contributed by atoms with Crippen molar-refractivity contribution in [2.24, 2.45) is 0 Å². The summed E-state index contributed by atoms with van der Waals surface area (Å²) in [7, 11) is 2.11. The molecule has 0 aromatic heterocycles. The summed E-state index contributed by atoms with van der Waals surface area (Å²) in [5.74, 6) is 1.15. The molecule has 2 nitrogen and oxygen atoms in total. The molecule has 0 aliphatic heterocycles. The quantitative estimate of drug-likeness (QED) is 0.808. The van der Waals surface area contributed by atoms with E-state index in [0.717, 1.165) is 30.8 Å². The minimum Gasteiger partial charge on any atom is -0.388 e. The Bertz CT molecular complexity index is 330. The van der Waals surface area contributed by atoms with Crippen LogP contribution in [-0.2, 0) is 0 Å². The molecule has 96 valence electrons. The first kappa shape index (κ1) is 14.6. The van der Waals surface area contributed by atoms with Crippen LogP contribution in [0.2, 0.25) is 0 Å². The summed E-state index contributed by atoms with van der Waals surface area (Å²) in [4.78, 5) is 2.28. The normalized spacial score (nSPS) is 13.0. The van der Waals surface area contributed by atoms with Crippen LogP contribution in [0.5, 0.6) is 0 Å². The van der Waals surface area contributed by atoms with Crippen molar-refractivity contribution in [1.29, 1.82) is 0 Å². The van der Waals surface area contributed by atoms with Gasteiger partial charge in [-0.3, -0.25) is 0 Å². The number of aliphatic hydroxyl groups is 1. The van der Waals surface area contributed by atoms with Crippen LogP contribution in [0.3, 0.4) is 0 Å². The number of nitrogens with zero attached hydrogens (tertiary/aromatic N) is 1.